The molecule has 0 aliphatic heterocycles. The summed E-state index contributed by atoms with van der Waals surface area (Å²) in [5, 5.41) is 0.695. The van der Waals surface area contributed by atoms with E-state index >= 15 is 0 Å². The first-order chi connectivity index (χ1) is 9.06. The van der Waals surface area contributed by atoms with Crippen LogP contribution in [0.25, 0.3) is 0 Å². The SMILES string of the molecule is CCCC(CS)(CCC)COc1ccc(C)cc1Cl. The lowest BCUT2D eigenvalue weighted by molar-refractivity contribution is 0.144. The van der Waals surface area contributed by atoms with Crippen molar-refractivity contribution in [1.29, 1.82) is 0 Å². The average Bonchev–Trinajstić information content (AvgIpc) is 2.38. The van der Waals surface area contributed by atoms with Crippen molar-refractivity contribution in [2.75, 3.05) is 12.4 Å². The molecule has 0 N–H and O–H groups in total. The summed E-state index contributed by atoms with van der Waals surface area (Å²) >= 11 is 10.8. The van der Waals surface area contributed by atoms with Crippen LogP contribution in [0.15, 0.2) is 18.2 Å². The van der Waals surface area contributed by atoms with Crippen LogP contribution in [0, 0.1) is 12.3 Å². The first-order valence-electron chi connectivity index (χ1n) is 7.06. The lowest BCUT2D eigenvalue weighted by atomic mass is 9.82. The second-order valence-corrected chi connectivity index (χ2v) is 6.10. The summed E-state index contributed by atoms with van der Waals surface area (Å²) in [4.78, 5) is 0. The monoisotopic (exact) mass is 300 g/mol. The second kappa shape index (κ2) is 8.06. The molecular formula is C16H25ClOS. The van der Waals surface area contributed by atoms with Crippen LogP contribution in [-0.4, -0.2) is 12.4 Å². The molecule has 0 aromatic heterocycles. The van der Waals surface area contributed by atoms with Crippen LogP contribution >= 0.6 is 24.2 Å². The zero-order valence-corrected chi connectivity index (χ0v) is 13.9. The third kappa shape index (κ3) is 4.92. The van der Waals surface area contributed by atoms with Crippen LogP contribution in [0.5, 0.6) is 5.75 Å². The largest absolute Gasteiger partial charge is 0.491 e. The van der Waals surface area contributed by atoms with Crippen molar-refractivity contribution in [2.24, 2.45) is 5.41 Å². The van der Waals surface area contributed by atoms with Crippen LogP contribution in [-0.2, 0) is 0 Å². The number of aryl methyl sites for hydroxylation is 1. The Bertz CT molecular complexity index is 386. The van der Waals surface area contributed by atoms with Gasteiger partial charge in [-0.2, -0.15) is 12.6 Å². The Kier molecular flexibility index (Phi) is 7.09. The zero-order chi connectivity index (χ0) is 14.3. The van der Waals surface area contributed by atoms with E-state index in [2.05, 4.69) is 26.5 Å². The van der Waals surface area contributed by atoms with Crippen molar-refractivity contribution >= 4 is 24.2 Å². The molecule has 1 nitrogen and oxygen atoms in total. The molecular weight excluding hydrogens is 276 g/mol. The molecule has 1 rings (SSSR count). The Morgan fingerprint density at radius 3 is 2.32 bits per heavy atom. The number of halogens is 1. The number of rotatable bonds is 8. The standard InChI is InChI=1S/C16H25ClOS/c1-4-8-16(12-19,9-5-2)11-18-15-7-6-13(3)10-14(15)17/h6-7,10,19H,4-5,8-9,11-12H2,1-3H3. The maximum Gasteiger partial charge on any atom is 0.137 e. The van der Waals surface area contributed by atoms with E-state index in [4.69, 9.17) is 16.3 Å². The summed E-state index contributed by atoms with van der Waals surface area (Å²) in [7, 11) is 0. The van der Waals surface area contributed by atoms with E-state index in [0.717, 1.165) is 42.7 Å². The zero-order valence-electron chi connectivity index (χ0n) is 12.2. The topological polar surface area (TPSA) is 9.23 Å². The number of ether oxygens (including phenoxy) is 1. The minimum Gasteiger partial charge on any atom is -0.491 e. The Hall–Kier alpha value is -0.340. The van der Waals surface area contributed by atoms with E-state index in [9.17, 15) is 0 Å². The minimum atomic E-state index is 0.167. The van der Waals surface area contributed by atoms with Gasteiger partial charge in [0.1, 0.15) is 5.75 Å². The molecule has 0 spiro atoms. The molecule has 0 atom stereocenters. The molecule has 0 saturated heterocycles. The van der Waals surface area contributed by atoms with Gasteiger partial charge < -0.3 is 4.74 Å². The van der Waals surface area contributed by atoms with Gasteiger partial charge in [0, 0.05) is 5.41 Å². The average molecular weight is 301 g/mol. The van der Waals surface area contributed by atoms with E-state index in [0.29, 0.717) is 11.6 Å². The number of thiol groups is 1. The summed E-state index contributed by atoms with van der Waals surface area (Å²) in [5.74, 6) is 1.64. The van der Waals surface area contributed by atoms with Gasteiger partial charge >= 0.3 is 0 Å². The van der Waals surface area contributed by atoms with Crippen molar-refractivity contribution in [3.05, 3.63) is 28.8 Å². The van der Waals surface area contributed by atoms with Gasteiger partial charge in [-0.05, 0) is 43.2 Å². The van der Waals surface area contributed by atoms with Crippen LogP contribution in [0.1, 0.15) is 45.1 Å². The third-order valence-corrected chi connectivity index (χ3v) is 4.48. The Labute approximate surface area is 128 Å². The molecule has 0 radical (unpaired) electrons. The Morgan fingerprint density at radius 2 is 1.84 bits per heavy atom. The lowest BCUT2D eigenvalue weighted by Crippen LogP contribution is -2.30. The molecule has 3 heteroatoms. The van der Waals surface area contributed by atoms with Gasteiger partial charge in [-0.3, -0.25) is 0 Å². The van der Waals surface area contributed by atoms with Crippen LogP contribution < -0.4 is 4.74 Å². The van der Waals surface area contributed by atoms with Crippen molar-refractivity contribution < 1.29 is 4.74 Å². The fraction of sp³-hybridized carbons (Fsp3) is 0.625. The van der Waals surface area contributed by atoms with Gasteiger partial charge in [-0.15, -0.1) is 0 Å². The maximum absolute atomic E-state index is 6.21. The maximum atomic E-state index is 6.21. The van der Waals surface area contributed by atoms with Crippen LogP contribution in [0.2, 0.25) is 5.02 Å². The predicted molar refractivity (Wildman–Crippen MR) is 87.8 cm³/mol. The van der Waals surface area contributed by atoms with Crippen LogP contribution in [0.3, 0.4) is 0 Å². The molecule has 0 saturated carbocycles. The van der Waals surface area contributed by atoms with Gasteiger partial charge in [0.25, 0.3) is 0 Å². The third-order valence-electron chi connectivity index (χ3n) is 3.52. The van der Waals surface area contributed by atoms with Gasteiger partial charge in [-0.25, -0.2) is 0 Å². The van der Waals surface area contributed by atoms with Gasteiger partial charge in [0.2, 0.25) is 0 Å². The molecule has 108 valence electrons. The number of hydrogen-bond acceptors (Lipinski definition) is 2. The fourth-order valence-corrected chi connectivity index (χ4v) is 3.18. The van der Waals surface area contributed by atoms with Gasteiger partial charge in [0.15, 0.2) is 0 Å². The molecule has 0 bridgehead atoms. The molecule has 0 unspecified atom stereocenters. The van der Waals surface area contributed by atoms with E-state index in [-0.39, 0.29) is 5.41 Å². The Balaban J connectivity index is 2.74. The summed E-state index contributed by atoms with van der Waals surface area (Å²) in [6.07, 6.45) is 4.61. The van der Waals surface area contributed by atoms with E-state index in [1.54, 1.807) is 0 Å². The first kappa shape index (κ1) is 16.7. The van der Waals surface area contributed by atoms with E-state index < -0.39 is 0 Å². The minimum absolute atomic E-state index is 0.167. The summed E-state index contributed by atoms with van der Waals surface area (Å²) in [5.41, 5.74) is 1.32. The quantitative estimate of drug-likeness (QED) is 0.620. The summed E-state index contributed by atoms with van der Waals surface area (Å²) < 4.78 is 5.97. The predicted octanol–water partition coefficient (Wildman–Crippen LogP) is 5.54. The molecule has 19 heavy (non-hydrogen) atoms. The highest BCUT2D eigenvalue weighted by Gasteiger charge is 2.28. The Morgan fingerprint density at radius 1 is 1.21 bits per heavy atom. The molecule has 0 aliphatic carbocycles. The highest BCUT2D eigenvalue weighted by atomic mass is 35.5. The second-order valence-electron chi connectivity index (χ2n) is 5.38. The molecule has 0 fully saturated rings. The van der Waals surface area contributed by atoms with Crippen LogP contribution in [0.4, 0.5) is 0 Å². The van der Waals surface area contributed by atoms with Crippen molar-refractivity contribution in [3.8, 4) is 5.75 Å². The fourth-order valence-electron chi connectivity index (χ4n) is 2.49. The van der Waals surface area contributed by atoms with Gasteiger partial charge in [0.05, 0.1) is 11.6 Å². The molecule has 0 amide bonds. The number of hydrogen-bond donors (Lipinski definition) is 1. The summed E-state index contributed by atoms with van der Waals surface area (Å²) in [6.45, 7) is 7.15. The van der Waals surface area contributed by atoms with Gasteiger partial charge in [-0.1, -0.05) is 44.4 Å². The van der Waals surface area contributed by atoms with Crippen molar-refractivity contribution in [2.45, 2.75) is 46.5 Å². The molecule has 0 heterocycles. The number of benzene rings is 1. The highest BCUT2D eigenvalue weighted by Crippen LogP contribution is 2.34. The van der Waals surface area contributed by atoms with Crippen molar-refractivity contribution in [1.82, 2.24) is 0 Å². The molecule has 1 aromatic rings. The normalized spacial score (nSPS) is 11.6. The summed E-state index contributed by atoms with van der Waals surface area (Å²) in [6, 6.07) is 5.93. The first-order valence-corrected chi connectivity index (χ1v) is 8.07. The molecule has 1 aromatic carbocycles. The lowest BCUT2D eigenvalue weighted by Gasteiger charge is -2.32. The van der Waals surface area contributed by atoms with Crippen molar-refractivity contribution in [3.63, 3.8) is 0 Å². The van der Waals surface area contributed by atoms with E-state index in [1.807, 2.05) is 25.1 Å². The smallest absolute Gasteiger partial charge is 0.137 e. The van der Waals surface area contributed by atoms with E-state index in [1.165, 1.54) is 0 Å². The molecule has 0 aliphatic rings. The highest BCUT2D eigenvalue weighted by molar-refractivity contribution is 7.80.